The Hall–Kier alpha value is -1.52. The maximum atomic E-state index is 13.1. The lowest BCUT2D eigenvalue weighted by atomic mass is 10.1. The second-order valence-corrected chi connectivity index (χ2v) is 2.88. The summed E-state index contributed by atoms with van der Waals surface area (Å²) in [6, 6.07) is 1.45. The predicted molar refractivity (Wildman–Crippen MR) is 52.8 cm³/mol. The highest BCUT2D eigenvalue weighted by Gasteiger charge is 2.50. The zero-order chi connectivity index (χ0) is 11.6. The summed E-state index contributed by atoms with van der Waals surface area (Å²) in [6.07, 6.45) is 1.38. The van der Waals surface area contributed by atoms with E-state index in [-0.39, 0.29) is 11.4 Å². The molecule has 0 radical (unpaired) electrons. The number of halogens is 2. The minimum atomic E-state index is -3.44. The Morgan fingerprint density at radius 2 is 2.00 bits per heavy atom. The molecule has 1 aliphatic heterocycles. The SMILES string of the molecule is CC.Cc1ccnc2c1C(F)(F)C(=O)N2. The number of nitrogens with zero attached hydrogens (tertiary/aromatic N) is 1. The number of nitrogens with one attached hydrogen (secondary N) is 1. The first-order valence-electron chi connectivity index (χ1n) is 4.69. The number of aryl methyl sites for hydroxylation is 1. The minimum Gasteiger partial charge on any atom is -0.305 e. The monoisotopic (exact) mass is 214 g/mol. The van der Waals surface area contributed by atoms with Crippen molar-refractivity contribution >= 4 is 11.7 Å². The van der Waals surface area contributed by atoms with Crippen LogP contribution in [-0.4, -0.2) is 10.9 Å². The summed E-state index contributed by atoms with van der Waals surface area (Å²) >= 11 is 0. The van der Waals surface area contributed by atoms with Gasteiger partial charge in [0.15, 0.2) is 0 Å². The normalized spacial score (nSPS) is 16.2. The van der Waals surface area contributed by atoms with Crippen molar-refractivity contribution in [3.05, 3.63) is 23.4 Å². The third-order valence-electron chi connectivity index (χ3n) is 1.99. The van der Waals surface area contributed by atoms with Crippen LogP contribution in [0.5, 0.6) is 0 Å². The van der Waals surface area contributed by atoms with Crippen molar-refractivity contribution in [3.8, 4) is 0 Å². The number of aromatic nitrogens is 1. The van der Waals surface area contributed by atoms with Crippen LogP contribution >= 0.6 is 0 Å². The molecule has 1 aliphatic rings. The molecule has 0 unspecified atom stereocenters. The molecule has 0 atom stereocenters. The first-order valence-corrected chi connectivity index (χ1v) is 4.69. The summed E-state index contributed by atoms with van der Waals surface area (Å²) in [6.45, 7) is 5.52. The standard InChI is InChI=1S/C8H6F2N2O.C2H6/c1-4-2-3-11-6-5(4)8(9,10)7(13)12-6;1-2/h2-3H,1H3,(H,11,12,13);1-2H3. The van der Waals surface area contributed by atoms with Crippen molar-refractivity contribution in [2.24, 2.45) is 0 Å². The van der Waals surface area contributed by atoms with Crippen molar-refractivity contribution in [3.63, 3.8) is 0 Å². The van der Waals surface area contributed by atoms with E-state index in [9.17, 15) is 13.6 Å². The molecule has 0 fully saturated rings. The Balaban J connectivity index is 0.000000531. The van der Waals surface area contributed by atoms with Crippen LogP contribution in [-0.2, 0) is 10.7 Å². The maximum Gasteiger partial charge on any atom is 0.353 e. The average Bonchev–Trinajstić information content (AvgIpc) is 2.42. The van der Waals surface area contributed by atoms with Gasteiger partial charge in [-0.25, -0.2) is 4.98 Å². The van der Waals surface area contributed by atoms with Gasteiger partial charge in [-0.2, -0.15) is 8.78 Å². The lowest BCUT2D eigenvalue weighted by molar-refractivity contribution is -0.139. The maximum absolute atomic E-state index is 13.1. The topological polar surface area (TPSA) is 42.0 Å². The van der Waals surface area contributed by atoms with Gasteiger partial charge in [-0.15, -0.1) is 0 Å². The second kappa shape index (κ2) is 3.92. The molecule has 15 heavy (non-hydrogen) atoms. The Morgan fingerprint density at radius 1 is 1.40 bits per heavy atom. The van der Waals surface area contributed by atoms with Crippen LogP contribution in [0.2, 0.25) is 0 Å². The van der Waals surface area contributed by atoms with Gasteiger partial charge in [0.1, 0.15) is 5.82 Å². The first kappa shape index (κ1) is 11.6. The number of pyridine rings is 1. The van der Waals surface area contributed by atoms with Crippen LogP contribution in [0, 0.1) is 6.92 Å². The van der Waals surface area contributed by atoms with Gasteiger partial charge < -0.3 is 5.32 Å². The van der Waals surface area contributed by atoms with Gasteiger partial charge in [-0.1, -0.05) is 13.8 Å². The fraction of sp³-hybridized carbons (Fsp3) is 0.400. The first-order chi connectivity index (χ1) is 7.03. The van der Waals surface area contributed by atoms with Crippen LogP contribution in [0.15, 0.2) is 12.3 Å². The molecule has 0 aliphatic carbocycles. The van der Waals surface area contributed by atoms with E-state index in [2.05, 4.69) is 4.98 Å². The van der Waals surface area contributed by atoms with Crippen LogP contribution in [0.4, 0.5) is 14.6 Å². The quantitative estimate of drug-likeness (QED) is 0.720. The van der Waals surface area contributed by atoms with Gasteiger partial charge in [-0.05, 0) is 18.6 Å². The Morgan fingerprint density at radius 3 is 2.53 bits per heavy atom. The molecular weight excluding hydrogens is 202 g/mol. The van der Waals surface area contributed by atoms with Gasteiger partial charge in [0.05, 0.1) is 5.56 Å². The number of carbonyl (C=O) groups is 1. The molecule has 1 N–H and O–H groups in total. The number of anilines is 1. The minimum absolute atomic E-state index is 0.0324. The molecule has 82 valence electrons. The molecule has 1 amide bonds. The second-order valence-electron chi connectivity index (χ2n) is 2.88. The summed E-state index contributed by atoms with van der Waals surface area (Å²) in [5, 5.41) is 2.03. The highest BCUT2D eigenvalue weighted by molar-refractivity contribution is 6.03. The summed E-state index contributed by atoms with van der Waals surface area (Å²) in [4.78, 5) is 14.5. The van der Waals surface area contributed by atoms with E-state index in [1.807, 2.05) is 19.2 Å². The van der Waals surface area contributed by atoms with E-state index in [4.69, 9.17) is 0 Å². The van der Waals surface area contributed by atoms with E-state index >= 15 is 0 Å². The molecule has 0 bridgehead atoms. The van der Waals surface area contributed by atoms with Crippen LogP contribution < -0.4 is 5.32 Å². The number of alkyl halides is 2. The molecule has 0 saturated carbocycles. The Bertz CT molecular complexity index is 391. The van der Waals surface area contributed by atoms with E-state index < -0.39 is 11.8 Å². The van der Waals surface area contributed by atoms with Crippen LogP contribution in [0.25, 0.3) is 0 Å². The third kappa shape index (κ3) is 1.69. The molecular formula is C10H12F2N2O. The molecule has 0 spiro atoms. The molecule has 5 heteroatoms. The smallest absolute Gasteiger partial charge is 0.305 e. The van der Waals surface area contributed by atoms with Crippen LogP contribution in [0.1, 0.15) is 25.0 Å². The molecule has 0 aromatic carbocycles. The molecule has 1 aromatic heterocycles. The van der Waals surface area contributed by atoms with Gasteiger partial charge in [0.25, 0.3) is 0 Å². The highest BCUT2D eigenvalue weighted by atomic mass is 19.3. The lowest BCUT2D eigenvalue weighted by Crippen LogP contribution is -2.24. The summed E-state index contributed by atoms with van der Waals surface area (Å²) in [5.41, 5.74) is 0.0633. The highest BCUT2D eigenvalue weighted by Crippen LogP contribution is 2.40. The zero-order valence-corrected chi connectivity index (χ0v) is 8.77. The predicted octanol–water partition coefficient (Wildman–Crippen LogP) is 2.46. The molecule has 1 aromatic rings. The largest absolute Gasteiger partial charge is 0.353 e. The van der Waals surface area contributed by atoms with Crippen LogP contribution in [0.3, 0.4) is 0 Å². The summed E-state index contributed by atoms with van der Waals surface area (Å²) < 4.78 is 26.3. The van der Waals surface area contributed by atoms with Crippen molar-refractivity contribution < 1.29 is 13.6 Å². The fourth-order valence-corrected chi connectivity index (χ4v) is 1.35. The van der Waals surface area contributed by atoms with Crippen molar-refractivity contribution in [2.45, 2.75) is 26.7 Å². The van der Waals surface area contributed by atoms with E-state index in [1.54, 1.807) is 0 Å². The summed E-state index contributed by atoms with van der Waals surface area (Å²) in [5.74, 6) is -4.77. The average molecular weight is 214 g/mol. The number of hydrogen-bond donors (Lipinski definition) is 1. The molecule has 2 rings (SSSR count). The van der Waals surface area contributed by atoms with Crippen molar-refractivity contribution in [1.29, 1.82) is 0 Å². The Labute approximate surface area is 86.5 Å². The number of rotatable bonds is 0. The lowest BCUT2D eigenvalue weighted by Gasteiger charge is -2.07. The van der Waals surface area contributed by atoms with E-state index in [0.29, 0.717) is 5.56 Å². The van der Waals surface area contributed by atoms with Crippen molar-refractivity contribution in [2.75, 3.05) is 5.32 Å². The molecule has 0 saturated heterocycles. The van der Waals surface area contributed by atoms with E-state index in [1.165, 1.54) is 19.2 Å². The van der Waals surface area contributed by atoms with Crippen molar-refractivity contribution in [1.82, 2.24) is 4.98 Å². The number of hydrogen-bond acceptors (Lipinski definition) is 2. The number of carbonyl (C=O) groups excluding carboxylic acids is 1. The zero-order valence-electron chi connectivity index (χ0n) is 8.77. The summed E-state index contributed by atoms with van der Waals surface area (Å²) in [7, 11) is 0. The Kier molecular flexibility index (Phi) is 3.02. The van der Waals surface area contributed by atoms with Gasteiger partial charge in [0, 0.05) is 6.20 Å². The van der Waals surface area contributed by atoms with Gasteiger partial charge in [0.2, 0.25) is 0 Å². The molecule has 2 heterocycles. The van der Waals surface area contributed by atoms with Gasteiger partial charge >= 0.3 is 11.8 Å². The number of amides is 1. The third-order valence-corrected chi connectivity index (χ3v) is 1.99. The van der Waals surface area contributed by atoms with E-state index in [0.717, 1.165) is 0 Å². The van der Waals surface area contributed by atoms with Gasteiger partial charge in [-0.3, -0.25) is 4.79 Å². The fourth-order valence-electron chi connectivity index (χ4n) is 1.35. The molecule has 3 nitrogen and oxygen atoms in total. The number of fused-ring (bicyclic) bond motifs is 1.